The fourth-order valence-corrected chi connectivity index (χ4v) is 2.81. The lowest BCUT2D eigenvalue weighted by Crippen LogP contribution is -2.33. The first-order valence-electron chi connectivity index (χ1n) is 7.50. The van der Waals surface area contributed by atoms with Crippen molar-refractivity contribution in [3.05, 3.63) is 29.8 Å². The number of anilines is 1. The molecule has 3 N–H and O–H groups in total. The minimum atomic E-state index is -0.195. The van der Waals surface area contributed by atoms with Crippen molar-refractivity contribution in [2.75, 3.05) is 18.4 Å². The van der Waals surface area contributed by atoms with Crippen molar-refractivity contribution in [3.63, 3.8) is 0 Å². The van der Waals surface area contributed by atoms with Crippen LogP contribution in [0.15, 0.2) is 24.3 Å². The third-order valence-electron chi connectivity index (χ3n) is 3.85. The molecule has 2 atom stereocenters. The molecule has 1 amide bonds. The summed E-state index contributed by atoms with van der Waals surface area (Å²) < 4.78 is 0. The van der Waals surface area contributed by atoms with E-state index in [4.69, 9.17) is 0 Å². The first-order chi connectivity index (χ1) is 9.70. The Morgan fingerprint density at radius 1 is 1.35 bits per heavy atom. The molecule has 1 aromatic carbocycles. The molecular formula is C16H24N2O2. The van der Waals surface area contributed by atoms with Crippen LogP contribution in [0.4, 0.5) is 5.69 Å². The minimum Gasteiger partial charge on any atom is -0.393 e. The van der Waals surface area contributed by atoms with Crippen molar-refractivity contribution in [3.8, 4) is 0 Å². The van der Waals surface area contributed by atoms with Gasteiger partial charge in [0.05, 0.1) is 11.7 Å². The monoisotopic (exact) mass is 276 g/mol. The van der Waals surface area contributed by atoms with Gasteiger partial charge in [-0.1, -0.05) is 18.6 Å². The number of para-hydroxylation sites is 1. The second-order valence-electron chi connectivity index (χ2n) is 5.47. The second kappa shape index (κ2) is 7.29. The number of hydrogen-bond donors (Lipinski definition) is 3. The van der Waals surface area contributed by atoms with Gasteiger partial charge < -0.3 is 15.7 Å². The normalized spacial score (nSPS) is 22.3. The van der Waals surface area contributed by atoms with Gasteiger partial charge in [-0.25, -0.2) is 0 Å². The molecule has 0 radical (unpaired) electrons. The number of carbonyl (C=O) groups is 1. The van der Waals surface area contributed by atoms with Gasteiger partial charge >= 0.3 is 0 Å². The van der Waals surface area contributed by atoms with E-state index in [0.717, 1.165) is 37.9 Å². The Hall–Kier alpha value is -1.55. The zero-order valence-corrected chi connectivity index (χ0v) is 12.1. The molecular weight excluding hydrogens is 252 g/mol. The van der Waals surface area contributed by atoms with Crippen LogP contribution < -0.4 is 10.6 Å². The molecule has 1 aliphatic carbocycles. The van der Waals surface area contributed by atoms with E-state index in [9.17, 15) is 9.90 Å². The number of rotatable bonds is 5. The highest BCUT2D eigenvalue weighted by molar-refractivity contribution is 5.99. The Morgan fingerprint density at radius 2 is 2.15 bits per heavy atom. The van der Waals surface area contributed by atoms with E-state index in [1.165, 1.54) is 0 Å². The van der Waals surface area contributed by atoms with Crippen LogP contribution in [0, 0.1) is 5.92 Å². The van der Waals surface area contributed by atoms with Gasteiger partial charge in [0.15, 0.2) is 0 Å². The number of aliphatic hydroxyl groups is 1. The fourth-order valence-electron chi connectivity index (χ4n) is 2.81. The molecule has 0 aliphatic heterocycles. The van der Waals surface area contributed by atoms with Gasteiger partial charge in [-0.3, -0.25) is 4.79 Å². The second-order valence-corrected chi connectivity index (χ2v) is 5.47. The average Bonchev–Trinajstić information content (AvgIpc) is 2.46. The summed E-state index contributed by atoms with van der Waals surface area (Å²) in [6.07, 6.45) is 3.64. The highest BCUT2D eigenvalue weighted by Crippen LogP contribution is 2.23. The molecule has 4 heteroatoms. The lowest BCUT2D eigenvalue weighted by molar-refractivity contribution is 0.0874. The number of nitrogens with one attached hydrogen (secondary N) is 2. The maximum Gasteiger partial charge on any atom is 0.253 e. The van der Waals surface area contributed by atoms with Gasteiger partial charge in [0, 0.05) is 18.8 Å². The van der Waals surface area contributed by atoms with E-state index in [1.807, 2.05) is 31.2 Å². The Kier molecular flexibility index (Phi) is 5.41. The van der Waals surface area contributed by atoms with Crippen molar-refractivity contribution in [2.24, 2.45) is 5.92 Å². The van der Waals surface area contributed by atoms with Crippen LogP contribution in [-0.4, -0.2) is 30.2 Å². The van der Waals surface area contributed by atoms with E-state index >= 15 is 0 Å². The molecule has 20 heavy (non-hydrogen) atoms. The molecule has 1 fully saturated rings. The highest BCUT2D eigenvalue weighted by Gasteiger charge is 2.21. The first kappa shape index (κ1) is 14.9. The molecule has 110 valence electrons. The largest absolute Gasteiger partial charge is 0.393 e. The van der Waals surface area contributed by atoms with Gasteiger partial charge in [0.25, 0.3) is 5.91 Å². The van der Waals surface area contributed by atoms with Gasteiger partial charge in [-0.15, -0.1) is 0 Å². The van der Waals surface area contributed by atoms with Crippen LogP contribution in [0.25, 0.3) is 0 Å². The standard InChI is InChI=1S/C16H24N2O2/c1-2-17-15-9-4-3-8-14(15)16(20)18-11-12-6-5-7-13(19)10-12/h3-4,8-9,12-13,17,19H,2,5-7,10-11H2,1H3,(H,18,20). The highest BCUT2D eigenvalue weighted by atomic mass is 16.3. The molecule has 0 spiro atoms. The summed E-state index contributed by atoms with van der Waals surface area (Å²) in [4.78, 5) is 12.3. The molecule has 2 rings (SSSR count). The van der Waals surface area contributed by atoms with Gasteiger partial charge in [-0.05, 0) is 44.2 Å². The lowest BCUT2D eigenvalue weighted by atomic mass is 9.87. The average molecular weight is 276 g/mol. The van der Waals surface area contributed by atoms with Crippen LogP contribution >= 0.6 is 0 Å². The predicted octanol–water partition coefficient (Wildman–Crippen LogP) is 2.40. The van der Waals surface area contributed by atoms with E-state index in [-0.39, 0.29) is 12.0 Å². The smallest absolute Gasteiger partial charge is 0.253 e. The van der Waals surface area contributed by atoms with Gasteiger partial charge in [-0.2, -0.15) is 0 Å². The first-order valence-corrected chi connectivity index (χ1v) is 7.50. The third-order valence-corrected chi connectivity index (χ3v) is 3.85. The summed E-state index contributed by atoms with van der Waals surface area (Å²) in [5, 5.41) is 15.9. The molecule has 2 unspecified atom stereocenters. The number of hydrogen-bond acceptors (Lipinski definition) is 3. The Balaban J connectivity index is 1.91. The van der Waals surface area contributed by atoms with Crippen LogP contribution in [-0.2, 0) is 0 Å². The molecule has 4 nitrogen and oxygen atoms in total. The molecule has 0 aromatic heterocycles. The summed E-state index contributed by atoms with van der Waals surface area (Å²) in [5.74, 6) is 0.357. The lowest BCUT2D eigenvalue weighted by Gasteiger charge is -2.26. The van der Waals surface area contributed by atoms with Crippen LogP contribution in [0.3, 0.4) is 0 Å². The quantitative estimate of drug-likeness (QED) is 0.774. The van der Waals surface area contributed by atoms with Crippen molar-refractivity contribution >= 4 is 11.6 Å². The number of amides is 1. The van der Waals surface area contributed by atoms with Gasteiger partial charge in [0.2, 0.25) is 0 Å². The number of carbonyl (C=O) groups excluding carboxylic acids is 1. The van der Waals surface area contributed by atoms with Crippen LogP contribution in [0.2, 0.25) is 0 Å². The maximum atomic E-state index is 12.3. The maximum absolute atomic E-state index is 12.3. The van der Waals surface area contributed by atoms with Crippen molar-refractivity contribution in [1.29, 1.82) is 0 Å². The topological polar surface area (TPSA) is 61.4 Å². The molecule has 0 saturated heterocycles. The SMILES string of the molecule is CCNc1ccccc1C(=O)NCC1CCCC(O)C1. The zero-order valence-electron chi connectivity index (χ0n) is 12.1. The van der Waals surface area contributed by atoms with Crippen molar-refractivity contribution < 1.29 is 9.90 Å². The molecule has 0 heterocycles. The van der Waals surface area contributed by atoms with Crippen molar-refractivity contribution in [1.82, 2.24) is 5.32 Å². The molecule has 1 saturated carbocycles. The Morgan fingerprint density at radius 3 is 2.90 bits per heavy atom. The molecule has 1 aliphatic rings. The number of aliphatic hydroxyl groups excluding tert-OH is 1. The molecule has 0 bridgehead atoms. The predicted molar refractivity (Wildman–Crippen MR) is 80.9 cm³/mol. The Bertz CT molecular complexity index is 448. The minimum absolute atomic E-state index is 0.0402. The molecule has 1 aromatic rings. The zero-order chi connectivity index (χ0) is 14.4. The summed E-state index contributed by atoms with van der Waals surface area (Å²) in [6.45, 7) is 3.45. The summed E-state index contributed by atoms with van der Waals surface area (Å²) >= 11 is 0. The van der Waals surface area contributed by atoms with E-state index in [2.05, 4.69) is 10.6 Å². The van der Waals surface area contributed by atoms with Crippen molar-refractivity contribution in [2.45, 2.75) is 38.7 Å². The fraction of sp³-hybridized carbons (Fsp3) is 0.562. The Labute approximate surface area is 120 Å². The van der Waals surface area contributed by atoms with Crippen LogP contribution in [0.1, 0.15) is 43.0 Å². The van der Waals surface area contributed by atoms with E-state index in [0.29, 0.717) is 18.0 Å². The summed E-state index contributed by atoms with van der Waals surface area (Å²) in [5.41, 5.74) is 1.56. The third kappa shape index (κ3) is 3.97. The van der Waals surface area contributed by atoms with Crippen LogP contribution in [0.5, 0.6) is 0 Å². The van der Waals surface area contributed by atoms with E-state index in [1.54, 1.807) is 0 Å². The summed E-state index contributed by atoms with van der Waals surface area (Å²) in [7, 11) is 0. The summed E-state index contributed by atoms with van der Waals surface area (Å²) in [6, 6.07) is 7.55. The van der Waals surface area contributed by atoms with E-state index < -0.39 is 0 Å². The van der Waals surface area contributed by atoms with Gasteiger partial charge in [0.1, 0.15) is 0 Å². The number of benzene rings is 1.